The summed E-state index contributed by atoms with van der Waals surface area (Å²) in [5, 5.41) is 2.79. The van der Waals surface area contributed by atoms with Crippen molar-refractivity contribution in [3.63, 3.8) is 0 Å². The summed E-state index contributed by atoms with van der Waals surface area (Å²) in [6.07, 6.45) is -3.79. The van der Waals surface area contributed by atoms with E-state index < -0.39 is 11.7 Å². The summed E-state index contributed by atoms with van der Waals surface area (Å²) in [6.45, 7) is 7.76. The van der Waals surface area contributed by atoms with E-state index in [4.69, 9.17) is 0 Å². The highest BCUT2D eigenvalue weighted by Crippen LogP contribution is 2.50. The first-order valence-corrected chi connectivity index (χ1v) is 6.58. The molecule has 1 aromatic carbocycles. The van der Waals surface area contributed by atoms with Gasteiger partial charge in [0.2, 0.25) is 0 Å². The molecular weight excluding hydrogens is 251 g/mol. The van der Waals surface area contributed by atoms with E-state index in [1.807, 2.05) is 39.8 Å². The van der Waals surface area contributed by atoms with Gasteiger partial charge in [0.1, 0.15) is 5.54 Å². The van der Waals surface area contributed by atoms with Gasteiger partial charge < -0.3 is 0 Å². The third kappa shape index (κ3) is 2.64. The first-order valence-electron chi connectivity index (χ1n) is 6.58. The average molecular weight is 271 g/mol. The Kier molecular flexibility index (Phi) is 3.42. The van der Waals surface area contributed by atoms with Gasteiger partial charge in [0, 0.05) is 6.04 Å². The molecule has 0 spiro atoms. The van der Waals surface area contributed by atoms with Crippen LogP contribution >= 0.6 is 0 Å². The smallest absolute Gasteiger partial charge is 0.297 e. The summed E-state index contributed by atoms with van der Waals surface area (Å²) in [5.74, 6) is 0. The number of hydrogen-bond acceptors (Lipinski definition) is 1. The van der Waals surface area contributed by atoms with E-state index in [9.17, 15) is 13.2 Å². The third-order valence-corrected chi connectivity index (χ3v) is 4.13. The van der Waals surface area contributed by atoms with Gasteiger partial charge in [0.25, 0.3) is 0 Å². The Hall–Kier alpha value is -1.03. The molecule has 19 heavy (non-hydrogen) atoms. The monoisotopic (exact) mass is 271 g/mol. The van der Waals surface area contributed by atoms with E-state index in [1.165, 1.54) is 5.56 Å². The second-order valence-electron chi connectivity index (χ2n) is 5.74. The predicted octanol–water partition coefficient (Wildman–Crippen LogP) is 4.36. The number of nitrogens with one attached hydrogen (secondary N) is 1. The molecule has 0 radical (unpaired) electrons. The third-order valence-electron chi connectivity index (χ3n) is 4.13. The second kappa shape index (κ2) is 4.51. The first-order chi connectivity index (χ1) is 8.66. The lowest BCUT2D eigenvalue weighted by atomic mass is 9.96. The summed E-state index contributed by atoms with van der Waals surface area (Å²) in [4.78, 5) is 0. The van der Waals surface area contributed by atoms with Gasteiger partial charge >= 0.3 is 6.18 Å². The summed E-state index contributed by atoms with van der Waals surface area (Å²) < 4.78 is 38.9. The van der Waals surface area contributed by atoms with Crippen LogP contribution in [0.2, 0.25) is 0 Å². The zero-order valence-electron chi connectivity index (χ0n) is 11.8. The molecule has 2 rings (SSSR count). The molecule has 1 saturated carbocycles. The van der Waals surface area contributed by atoms with Gasteiger partial charge in [-0.2, -0.15) is 13.2 Å². The number of halogens is 3. The van der Waals surface area contributed by atoms with Gasteiger partial charge in [-0.3, -0.25) is 5.32 Å². The summed E-state index contributed by atoms with van der Waals surface area (Å²) in [7, 11) is 0. The fourth-order valence-electron chi connectivity index (χ4n) is 2.58. The first kappa shape index (κ1) is 14.4. The van der Waals surface area contributed by atoms with Crippen LogP contribution in [0.1, 0.15) is 48.1 Å². The van der Waals surface area contributed by atoms with Crippen LogP contribution in [0.3, 0.4) is 0 Å². The number of benzene rings is 1. The van der Waals surface area contributed by atoms with E-state index in [1.54, 1.807) is 0 Å². The van der Waals surface area contributed by atoms with Crippen LogP contribution in [0.5, 0.6) is 0 Å². The van der Waals surface area contributed by atoms with Crippen molar-refractivity contribution in [2.45, 2.75) is 58.3 Å². The van der Waals surface area contributed by atoms with Gasteiger partial charge in [-0.05, 0) is 62.8 Å². The lowest BCUT2D eigenvalue weighted by molar-refractivity contribution is -0.167. The lowest BCUT2D eigenvalue weighted by Crippen LogP contribution is -2.46. The maximum absolute atomic E-state index is 13.0. The molecule has 4 heteroatoms. The van der Waals surface area contributed by atoms with Gasteiger partial charge in [-0.1, -0.05) is 12.1 Å². The summed E-state index contributed by atoms with van der Waals surface area (Å²) in [6, 6.07) is 3.74. The van der Waals surface area contributed by atoms with E-state index >= 15 is 0 Å². The Morgan fingerprint density at radius 3 is 2.05 bits per heavy atom. The molecular formula is C15H20F3N. The number of aryl methyl sites for hydroxylation is 3. The fraction of sp³-hybridized carbons (Fsp3) is 0.600. The highest BCUT2D eigenvalue weighted by molar-refractivity contribution is 5.38. The maximum atomic E-state index is 13.0. The van der Waals surface area contributed by atoms with Crippen molar-refractivity contribution in [1.82, 2.24) is 5.32 Å². The predicted molar refractivity (Wildman–Crippen MR) is 70.2 cm³/mol. The molecule has 1 aromatic rings. The lowest BCUT2D eigenvalue weighted by Gasteiger charge is -2.26. The zero-order valence-corrected chi connectivity index (χ0v) is 11.8. The highest BCUT2D eigenvalue weighted by atomic mass is 19.4. The molecule has 0 aliphatic heterocycles. The molecule has 0 saturated heterocycles. The van der Waals surface area contributed by atoms with Gasteiger partial charge in [0.05, 0.1) is 0 Å². The number of hydrogen-bond donors (Lipinski definition) is 1. The Labute approximate surface area is 112 Å². The van der Waals surface area contributed by atoms with E-state index in [0.29, 0.717) is 0 Å². The molecule has 1 fully saturated rings. The van der Waals surface area contributed by atoms with Crippen molar-refractivity contribution in [2.24, 2.45) is 0 Å². The minimum absolute atomic E-state index is 0.185. The Bertz CT molecular complexity index is 487. The normalized spacial score (nSPS) is 19.3. The Morgan fingerprint density at radius 2 is 1.58 bits per heavy atom. The van der Waals surface area contributed by atoms with Crippen molar-refractivity contribution >= 4 is 0 Å². The SMILES string of the molecule is Cc1cc(C)c(C(C)NC2(C(F)(F)F)CC2)cc1C. The molecule has 0 aromatic heterocycles. The summed E-state index contributed by atoms with van der Waals surface area (Å²) in [5.41, 5.74) is 2.63. The van der Waals surface area contributed by atoms with E-state index in [-0.39, 0.29) is 18.9 Å². The van der Waals surface area contributed by atoms with Crippen LogP contribution in [0.25, 0.3) is 0 Å². The molecule has 1 N–H and O–H groups in total. The zero-order chi connectivity index (χ0) is 14.4. The van der Waals surface area contributed by atoms with Crippen LogP contribution in [0.4, 0.5) is 13.2 Å². The molecule has 0 amide bonds. The van der Waals surface area contributed by atoms with Gasteiger partial charge in [0.15, 0.2) is 0 Å². The minimum atomic E-state index is -4.16. The fourth-order valence-corrected chi connectivity index (χ4v) is 2.58. The Morgan fingerprint density at radius 1 is 1.05 bits per heavy atom. The average Bonchev–Trinajstić information content (AvgIpc) is 3.03. The molecule has 1 atom stereocenters. The van der Waals surface area contributed by atoms with Crippen molar-refractivity contribution in [3.8, 4) is 0 Å². The minimum Gasteiger partial charge on any atom is -0.297 e. The van der Waals surface area contributed by atoms with Crippen LogP contribution < -0.4 is 5.32 Å². The second-order valence-corrected chi connectivity index (χ2v) is 5.74. The quantitative estimate of drug-likeness (QED) is 0.861. The molecule has 1 aliphatic rings. The van der Waals surface area contributed by atoms with Crippen LogP contribution in [-0.4, -0.2) is 11.7 Å². The van der Waals surface area contributed by atoms with Crippen molar-refractivity contribution in [1.29, 1.82) is 0 Å². The van der Waals surface area contributed by atoms with Crippen molar-refractivity contribution in [3.05, 3.63) is 34.4 Å². The molecule has 1 nitrogen and oxygen atoms in total. The number of alkyl halides is 3. The molecule has 0 bridgehead atoms. The molecule has 1 unspecified atom stereocenters. The molecule has 0 heterocycles. The number of rotatable bonds is 3. The van der Waals surface area contributed by atoms with Crippen LogP contribution in [0.15, 0.2) is 12.1 Å². The highest BCUT2D eigenvalue weighted by Gasteiger charge is 2.63. The topological polar surface area (TPSA) is 12.0 Å². The van der Waals surface area contributed by atoms with E-state index in [2.05, 4.69) is 5.32 Å². The van der Waals surface area contributed by atoms with Crippen LogP contribution in [0, 0.1) is 20.8 Å². The standard InChI is InChI=1S/C15H20F3N/c1-9-7-11(3)13(8-10(9)2)12(4)19-14(5-6-14)15(16,17)18/h7-8,12,19H,5-6H2,1-4H3. The maximum Gasteiger partial charge on any atom is 0.406 e. The van der Waals surface area contributed by atoms with E-state index in [0.717, 1.165) is 16.7 Å². The molecule has 1 aliphatic carbocycles. The summed E-state index contributed by atoms with van der Waals surface area (Å²) >= 11 is 0. The largest absolute Gasteiger partial charge is 0.406 e. The van der Waals surface area contributed by atoms with Gasteiger partial charge in [-0.15, -0.1) is 0 Å². The van der Waals surface area contributed by atoms with Gasteiger partial charge in [-0.25, -0.2) is 0 Å². The van der Waals surface area contributed by atoms with Crippen molar-refractivity contribution in [2.75, 3.05) is 0 Å². The van der Waals surface area contributed by atoms with Crippen LogP contribution in [-0.2, 0) is 0 Å². The van der Waals surface area contributed by atoms with Crippen molar-refractivity contribution < 1.29 is 13.2 Å². The Balaban J connectivity index is 2.22. The molecule has 106 valence electrons.